The smallest absolute Gasteiger partial charge is 0.122 e. The molecule has 2 rings (SSSR count). The Kier molecular flexibility index (Phi) is 4.43. The number of methoxy groups -OCH3 is 1. The summed E-state index contributed by atoms with van der Waals surface area (Å²) in [5.74, 6) is 1.04. The summed E-state index contributed by atoms with van der Waals surface area (Å²) < 4.78 is 11.5. The molecule has 17 heavy (non-hydrogen) atoms. The molecule has 2 heteroatoms. The summed E-state index contributed by atoms with van der Waals surface area (Å²) in [5, 5.41) is 0. The Balaban J connectivity index is 1.93. The van der Waals surface area contributed by atoms with E-state index in [2.05, 4.69) is 25.1 Å². The molecule has 94 valence electrons. The van der Waals surface area contributed by atoms with Crippen LogP contribution in [0.1, 0.15) is 37.7 Å². The van der Waals surface area contributed by atoms with E-state index in [0.717, 1.165) is 25.0 Å². The van der Waals surface area contributed by atoms with Gasteiger partial charge in [0.05, 0.1) is 12.2 Å². The third-order valence-corrected chi connectivity index (χ3v) is 3.58. The first-order valence-corrected chi connectivity index (χ1v) is 6.54. The monoisotopic (exact) mass is 234 g/mol. The van der Waals surface area contributed by atoms with Crippen molar-refractivity contribution in [1.29, 1.82) is 0 Å². The molecule has 1 aromatic carbocycles. The van der Waals surface area contributed by atoms with Crippen molar-refractivity contribution in [3.63, 3.8) is 0 Å². The van der Waals surface area contributed by atoms with Gasteiger partial charge in [0.2, 0.25) is 0 Å². The molecule has 2 atom stereocenters. The van der Waals surface area contributed by atoms with Gasteiger partial charge < -0.3 is 9.47 Å². The SMILES string of the molecule is COC1CCCC(Oc2ccccc2C)CC1. The van der Waals surface area contributed by atoms with Crippen LogP contribution in [0.5, 0.6) is 5.75 Å². The number of benzene rings is 1. The third-order valence-electron chi connectivity index (χ3n) is 3.58. The predicted molar refractivity (Wildman–Crippen MR) is 69.5 cm³/mol. The lowest BCUT2D eigenvalue weighted by atomic mass is 10.1. The summed E-state index contributed by atoms with van der Waals surface area (Å²) in [6.45, 7) is 2.10. The molecule has 0 saturated heterocycles. The van der Waals surface area contributed by atoms with E-state index in [9.17, 15) is 0 Å². The molecule has 0 aliphatic heterocycles. The standard InChI is InChI=1S/C15H22O2/c1-12-6-3-4-9-15(12)17-14-8-5-7-13(16-2)10-11-14/h3-4,6,9,13-14H,5,7-8,10-11H2,1-2H3. The molecule has 0 N–H and O–H groups in total. The van der Waals surface area contributed by atoms with Crippen LogP contribution in [0.15, 0.2) is 24.3 Å². The zero-order valence-electron chi connectivity index (χ0n) is 10.8. The van der Waals surface area contributed by atoms with Crippen molar-refractivity contribution in [3.05, 3.63) is 29.8 Å². The number of para-hydroxylation sites is 1. The van der Waals surface area contributed by atoms with Gasteiger partial charge in [0.15, 0.2) is 0 Å². The molecule has 0 bridgehead atoms. The number of hydrogen-bond acceptors (Lipinski definition) is 2. The first kappa shape index (κ1) is 12.4. The maximum Gasteiger partial charge on any atom is 0.122 e. The van der Waals surface area contributed by atoms with Gasteiger partial charge in [-0.3, -0.25) is 0 Å². The predicted octanol–water partition coefficient (Wildman–Crippen LogP) is 3.72. The Bertz CT molecular complexity index is 349. The summed E-state index contributed by atoms with van der Waals surface area (Å²) in [5.41, 5.74) is 1.22. The topological polar surface area (TPSA) is 18.5 Å². The lowest BCUT2D eigenvalue weighted by molar-refractivity contribution is 0.0857. The quantitative estimate of drug-likeness (QED) is 0.742. The van der Waals surface area contributed by atoms with Crippen LogP contribution < -0.4 is 4.74 Å². The second kappa shape index (κ2) is 6.06. The Hall–Kier alpha value is -1.02. The number of rotatable bonds is 3. The highest BCUT2D eigenvalue weighted by Crippen LogP contribution is 2.25. The number of hydrogen-bond donors (Lipinski definition) is 0. The van der Waals surface area contributed by atoms with E-state index in [1.807, 2.05) is 13.2 Å². The van der Waals surface area contributed by atoms with Crippen molar-refractivity contribution in [2.45, 2.75) is 51.2 Å². The highest BCUT2D eigenvalue weighted by atomic mass is 16.5. The second-order valence-electron chi connectivity index (χ2n) is 4.87. The summed E-state index contributed by atoms with van der Waals surface area (Å²) in [6.07, 6.45) is 6.53. The van der Waals surface area contributed by atoms with E-state index in [1.165, 1.54) is 18.4 Å². The second-order valence-corrected chi connectivity index (χ2v) is 4.87. The average molecular weight is 234 g/mol. The highest BCUT2D eigenvalue weighted by molar-refractivity contribution is 5.31. The minimum atomic E-state index is 0.358. The summed E-state index contributed by atoms with van der Waals surface area (Å²) >= 11 is 0. The Labute approximate surface area is 104 Å². The fourth-order valence-corrected chi connectivity index (χ4v) is 2.46. The lowest BCUT2D eigenvalue weighted by Crippen LogP contribution is -2.16. The summed E-state index contributed by atoms with van der Waals surface area (Å²) in [4.78, 5) is 0. The molecule has 1 aliphatic carbocycles. The minimum absolute atomic E-state index is 0.358. The third kappa shape index (κ3) is 3.47. The van der Waals surface area contributed by atoms with Gasteiger partial charge in [-0.15, -0.1) is 0 Å². The Morgan fingerprint density at radius 3 is 2.47 bits per heavy atom. The Morgan fingerprint density at radius 2 is 1.71 bits per heavy atom. The molecule has 2 unspecified atom stereocenters. The molecule has 0 amide bonds. The van der Waals surface area contributed by atoms with Crippen LogP contribution in [0.3, 0.4) is 0 Å². The molecule has 1 aromatic rings. The van der Waals surface area contributed by atoms with Crippen LogP contribution >= 0.6 is 0 Å². The lowest BCUT2D eigenvalue weighted by Gasteiger charge is -2.18. The first-order valence-electron chi connectivity index (χ1n) is 6.54. The highest BCUT2D eigenvalue weighted by Gasteiger charge is 2.19. The summed E-state index contributed by atoms with van der Waals surface area (Å²) in [6, 6.07) is 8.26. The summed E-state index contributed by atoms with van der Waals surface area (Å²) in [7, 11) is 1.81. The largest absolute Gasteiger partial charge is 0.490 e. The van der Waals surface area contributed by atoms with Gasteiger partial charge in [-0.05, 0) is 50.7 Å². The zero-order chi connectivity index (χ0) is 12.1. The van der Waals surface area contributed by atoms with Crippen molar-refractivity contribution in [3.8, 4) is 5.75 Å². The van der Waals surface area contributed by atoms with Crippen LogP contribution in [0.2, 0.25) is 0 Å². The van der Waals surface area contributed by atoms with E-state index >= 15 is 0 Å². The molecule has 0 radical (unpaired) electrons. The fraction of sp³-hybridized carbons (Fsp3) is 0.600. The van der Waals surface area contributed by atoms with E-state index in [1.54, 1.807) is 0 Å². The molecule has 2 nitrogen and oxygen atoms in total. The van der Waals surface area contributed by atoms with Gasteiger partial charge in [0.25, 0.3) is 0 Å². The fourth-order valence-electron chi connectivity index (χ4n) is 2.46. The molecule has 0 spiro atoms. The molecule has 0 aromatic heterocycles. The molecule has 1 aliphatic rings. The van der Waals surface area contributed by atoms with Crippen molar-refractivity contribution in [2.24, 2.45) is 0 Å². The minimum Gasteiger partial charge on any atom is -0.490 e. The molecule has 1 fully saturated rings. The van der Waals surface area contributed by atoms with Gasteiger partial charge in [-0.25, -0.2) is 0 Å². The zero-order valence-corrected chi connectivity index (χ0v) is 10.8. The van der Waals surface area contributed by atoms with Crippen molar-refractivity contribution in [2.75, 3.05) is 7.11 Å². The average Bonchev–Trinajstić information content (AvgIpc) is 2.57. The number of ether oxygens (including phenoxy) is 2. The van der Waals surface area contributed by atoms with Gasteiger partial charge in [-0.2, -0.15) is 0 Å². The van der Waals surface area contributed by atoms with Crippen LogP contribution in [-0.2, 0) is 4.74 Å². The molecular formula is C15H22O2. The van der Waals surface area contributed by atoms with Crippen LogP contribution in [0.4, 0.5) is 0 Å². The maximum absolute atomic E-state index is 6.10. The van der Waals surface area contributed by atoms with Gasteiger partial charge in [0.1, 0.15) is 5.75 Å². The van der Waals surface area contributed by atoms with E-state index in [4.69, 9.17) is 9.47 Å². The van der Waals surface area contributed by atoms with E-state index in [0.29, 0.717) is 12.2 Å². The van der Waals surface area contributed by atoms with Crippen molar-refractivity contribution < 1.29 is 9.47 Å². The molecular weight excluding hydrogens is 212 g/mol. The van der Waals surface area contributed by atoms with Crippen molar-refractivity contribution in [1.82, 2.24) is 0 Å². The van der Waals surface area contributed by atoms with Crippen LogP contribution in [0.25, 0.3) is 0 Å². The normalized spacial score (nSPS) is 25.3. The molecule has 0 heterocycles. The molecule has 1 saturated carbocycles. The van der Waals surface area contributed by atoms with E-state index < -0.39 is 0 Å². The van der Waals surface area contributed by atoms with Gasteiger partial charge in [0, 0.05) is 7.11 Å². The van der Waals surface area contributed by atoms with E-state index in [-0.39, 0.29) is 0 Å². The Morgan fingerprint density at radius 1 is 1.00 bits per heavy atom. The van der Waals surface area contributed by atoms with Crippen molar-refractivity contribution >= 4 is 0 Å². The van der Waals surface area contributed by atoms with Crippen LogP contribution in [-0.4, -0.2) is 19.3 Å². The van der Waals surface area contributed by atoms with Gasteiger partial charge in [-0.1, -0.05) is 18.2 Å². The number of aryl methyl sites for hydroxylation is 1. The maximum atomic E-state index is 6.10. The van der Waals surface area contributed by atoms with Gasteiger partial charge >= 0.3 is 0 Å². The first-order chi connectivity index (χ1) is 8.29. The van der Waals surface area contributed by atoms with Crippen LogP contribution in [0, 0.1) is 6.92 Å².